The summed E-state index contributed by atoms with van der Waals surface area (Å²) in [6.45, 7) is 3.86. The van der Waals surface area contributed by atoms with Crippen molar-refractivity contribution >= 4 is 34.7 Å². The number of ether oxygens (including phenoxy) is 1. The average molecular weight is 406 g/mol. The van der Waals surface area contributed by atoms with Gasteiger partial charge in [-0.2, -0.15) is 0 Å². The highest BCUT2D eigenvalue weighted by Gasteiger charge is 2.33. The van der Waals surface area contributed by atoms with E-state index in [4.69, 9.17) is 4.74 Å². The number of aromatic nitrogens is 2. The second kappa shape index (κ2) is 8.08. The molecule has 30 heavy (non-hydrogen) atoms. The maximum absolute atomic E-state index is 12.9. The zero-order chi connectivity index (χ0) is 21.3. The molecule has 0 unspecified atom stereocenters. The van der Waals surface area contributed by atoms with Gasteiger partial charge in [-0.15, -0.1) is 0 Å². The van der Waals surface area contributed by atoms with Crippen LogP contribution in [0.5, 0.6) is 0 Å². The molecular formula is C22H22N4O4. The molecule has 2 aromatic carbocycles. The summed E-state index contributed by atoms with van der Waals surface area (Å²) in [5, 5.41) is 2.85. The first-order chi connectivity index (χ1) is 14.5. The van der Waals surface area contributed by atoms with Gasteiger partial charge in [0.05, 0.1) is 22.2 Å². The first-order valence-electron chi connectivity index (χ1n) is 9.82. The smallest absolute Gasteiger partial charge is 0.261 e. The van der Waals surface area contributed by atoms with Gasteiger partial charge in [-0.05, 0) is 43.7 Å². The summed E-state index contributed by atoms with van der Waals surface area (Å²) in [6, 6.07) is 12.2. The van der Waals surface area contributed by atoms with Crippen LogP contribution in [-0.4, -0.2) is 52.4 Å². The van der Waals surface area contributed by atoms with Gasteiger partial charge in [0, 0.05) is 32.4 Å². The molecule has 4 rings (SSSR count). The van der Waals surface area contributed by atoms with Crippen LogP contribution in [0, 0.1) is 0 Å². The summed E-state index contributed by atoms with van der Waals surface area (Å²) in [5.74, 6) is -0.738. The number of hydrogen-bond donors (Lipinski definition) is 1. The van der Waals surface area contributed by atoms with Gasteiger partial charge in [0.2, 0.25) is 5.95 Å². The lowest BCUT2D eigenvalue weighted by molar-refractivity contribution is 0.0693. The molecule has 1 aliphatic rings. The van der Waals surface area contributed by atoms with E-state index in [1.807, 2.05) is 35.8 Å². The lowest BCUT2D eigenvalue weighted by atomic mass is 10.1. The molecule has 2 heterocycles. The minimum Gasteiger partial charge on any atom is -0.382 e. The van der Waals surface area contributed by atoms with E-state index < -0.39 is 11.8 Å². The molecule has 0 spiro atoms. The van der Waals surface area contributed by atoms with Crippen LogP contribution in [0.25, 0.3) is 11.0 Å². The molecule has 0 saturated carbocycles. The van der Waals surface area contributed by atoms with Gasteiger partial charge in [-0.1, -0.05) is 12.1 Å². The highest BCUT2D eigenvalue weighted by Crippen LogP contribution is 2.24. The lowest BCUT2D eigenvalue weighted by Crippen LogP contribution is -2.24. The van der Waals surface area contributed by atoms with E-state index in [2.05, 4.69) is 10.3 Å². The summed E-state index contributed by atoms with van der Waals surface area (Å²) < 4.78 is 7.37. The maximum atomic E-state index is 12.9. The Labute approximate surface area is 173 Å². The zero-order valence-electron chi connectivity index (χ0n) is 16.8. The predicted molar refractivity (Wildman–Crippen MR) is 112 cm³/mol. The molecule has 1 N–H and O–H groups in total. The fourth-order valence-corrected chi connectivity index (χ4v) is 3.54. The Kier molecular flexibility index (Phi) is 5.33. The SMILES string of the molecule is CCOCCCn1c(NC(=O)c2ccc3c(c2)C(=O)N(C)C3=O)nc2ccccc21. The van der Waals surface area contributed by atoms with Crippen molar-refractivity contribution in [3.05, 3.63) is 59.2 Å². The van der Waals surface area contributed by atoms with E-state index in [-0.39, 0.29) is 17.0 Å². The fourth-order valence-electron chi connectivity index (χ4n) is 3.54. The molecule has 0 fully saturated rings. The largest absolute Gasteiger partial charge is 0.382 e. The minimum atomic E-state index is -0.409. The minimum absolute atomic E-state index is 0.236. The number of benzene rings is 2. The average Bonchev–Trinajstić information content (AvgIpc) is 3.21. The lowest BCUT2D eigenvalue weighted by Gasteiger charge is -2.10. The van der Waals surface area contributed by atoms with Crippen molar-refractivity contribution in [1.29, 1.82) is 0 Å². The van der Waals surface area contributed by atoms with E-state index in [1.54, 1.807) is 6.07 Å². The number of fused-ring (bicyclic) bond motifs is 2. The van der Waals surface area contributed by atoms with Gasteiger partial charge in [-0.25, -0.2) is 4.98 Å². The van der Waals surface area contributed by atoms with Crippen LogP contribution in [0.3, 0.4) is 0 Å². The number of nitrogens with zero attached hydrogens (tertiary/aromatic N) is 3. The number of hydrogen-bond acceptors (Lipinski definition) is 5. The fraction of sp³-hybridized carbons (Fsp3) is 0.273. The Balaban J connectivity index is 1.61. The van der Waals surface area contributed by atoms with E-state index in [0.29, 0.717) is 31.3 Å². The quantitative estimate of drug-likeness (QED) is 0.481. The van der Waals surface area contributed by atoms with Gasteiger partial charge < -0.3 is 9.30 Å². The number of imidazole rings is 1. The second-order valence-corrected chi connectivity index (χ2v) is 7.01. The molecule has 0 bridgehead atoms. The summed E-state index contributed by atoms with van der Waals surface area (Å²) in [6.07, 6.45) is 0.777. The van der Waals surface area contributed by atoms with E-state index in [1.165, 1.54) is 19.2 Å². The third-order valence-electron chi connectivity index (χ3n) is 5.11. The Bertz CT molecular complexity index is 1150. The van der Waals surface area contributed by atoms with Crippen LogP contribution in [0.15, 0.2) is 42.5 Å². The first kappa shape index (κ1) is 19.8. The maximum Gasteiger partial charge on any atom is 0.261 e. The van der Waals surface area contributed by atoms with Crippen LogP contribution in [0.4, 0.5) is 5.95 Å². The third-order valence-corrected chi connectivity index (χ3v) is 5.11. The van der Waals surface area contributed by atoms with Gasteiger partial charge in [0.25, 0.3) is 17.7 Å². The molecule has 3 amide bonds. The van der Waals surface area contributed by atoms with E-state index in [0.717, 1.165) is 22.4 Å². The summed E-state index contributed by atoms with van der Waals surface area (Å²) in [5.41, 5.74) is 2.53. The third kappa shape index (κ3) is 3.46. The number of amides is 3. The number of nitrogens with one attached hydrogen (secondary N) is 1. The van der Waals surface area contributed by atoms with Crippen LogP contribution in [-0.2, 0) is 11.3 Å². The predicted octanol–water partition coefficient (Wildman–Crippen LogP) is 2.94. The zero-order valence-corrected chi connectivity index (χ0v) is 16.8. The molecule has 1 aromatic heterocycles. The molecule has 8 nitrogen and oxygen atoms in total. The second-order valence-electron chi connectivity index (χ2n) is 7.01. The highest BCUT2D eigenvalue weighted by atomic mass is 16.5. The molecule has 0 saturated heterocycles. The molecule has 0 atom stereocenters. The number of imide groups is 1. The molecule has 154 valence electrons. The molecule has 3 aromatic rings. The van der Waals surface area contributed by atoms with Crippen molar-refractivity contribution in [2.75, 3.05) is 25.6 Å². The van der Waals surface area contributed by atoms with Gasteiger partial charge in [0.1, 0.15) is 0 Å². The van der Waals surface area contributed by atoms with Gasteiger partial charge in [0.15, 0.2) is 0 Å². The molecule has 0 aliphatic carbocycles. The van der Waals surface area contributed by atoms with E-state index >= 15 is 0 Å². The molecule has 0 radical (unpaired) electrons. The van der Waals surface area contributed by atoms with Crippen molar-refractivity contribution in [1.82, 2.24) is 14.5 Å². The van der Waals surface area contributed by atoms with Gasteiger partial charge >= 0.3 is 0 Å². The number of aryl methyl sites for hydroxylation is 1. The first-order valence-corrected chi connectivity index (χ1v) is 9.82. The van der Waals surface area contributed by atoms with Crippen molar-refractivity contribution in [2.24, 2.45) is 0 Å². The van der Waals surface area contributed by atoms with Crippen LogP contribution < -0.4 is 5.32 Å². The topological polar surface area (TPSA) is 93.5 Å². The van der Waals surface area contributed by atoms with Crippen molar-refractivity contribution in [3.8, 4) is 0 Å². The molecule has 8 heteroatoms. The molecular weight excluding hydrogens is 384 g/mol. The van der Waals surface area contributed by atoms with Crippen LogP contribution in [0.2, 0.25) is 0 Å². The Hall–Kier alpha value is -3.52. The Morgan fingerprint density at radius 3 is 2.67 bits per heavy atom. The Morgan fingerprint density at radius 2 is 1.87 bits per heavy atom. The Morgan fingerprint density at radius 1 is 1.10 bits per heavy atom. The standard InChI is InChI=1S/C22H22N4O4/c1-3-30-12-6-11-26-18-8-5-4-7-17(18)23-22(26)24-19(27)14-9-10-15-16(13-14)21(29)25(2)20(15)28/h4-5,7-10,13H,3,6,11-12H2,1-2H3,(H,23,24,27). The number of carbonyl (C=O) groups excluding carboxylic acids is 3. The number of para-hydroxylation sites is 2. The monoisotopic (exact) mass is 406 g/mol. The van der Waals surface area contributed by atoms with Crippen LogP contribution in [0.1, 0.15) is 44.4 Å². The normalized spacial score (nSPS) is 13.2. The highest BCUT2D eigenvalue weighted by molar-refractivity contribution is 6.22. The van der Waals surface area contributed by atoms with E-state index in [9.17, 15) is 14.4 Å². The summed E-state index contributed by atoms with van der Waals surface area (Å²) >= 11 is 0. The van der Waals surface area contributed by atoms with Crippen molar-refractivity contribution < 1.29 is 19.1 Å². The van der Waals surface area contributed by atoms with Crippen LogP contribution >= 0.6 is 0 Å². The van der Waals surface area contributed by atoms with Crippen molar-refractivity contribution in [2.45, 2.75) is 19.9 Å². The molecule has 1 aliphatic heterocycles. The summed E-state index contributed by atoms with van der Waals surface area (Å²) in [4.78, 5) is 42.8. The summed E-state index contributed by atoms with van der Waals surface area (Å²) in [7, 11) is 1.43. The van der Waals surface area contributed by atoms with Crippen molar-refractivity contribution in [3.63, 3.8) is 0 Å². The number of anilines is 1. The number of carbonyl (C=O) groups is 3. The van der Waals surface area contributed by atoms with Gasteiger partial charge in [-0.3, -0.25) is 24.6 Å². The number of rotatable bonds is 7.